The summed E-state index contributed by atoms with van der Waals surface area (Å²) in [5.41, 5.74) is 2.32. The van der Waals surface area contributed by atoms with Crippen molar-refractivity contribution in [3.63, 3.8) is 0 Å². The van der Waals surface area contributed by atoms with E-state index in [1.165, 1.54) is 0 Å². The van der Waals surface area contributed by atoms with E-state index in [1.54, 1.807) is 44.2 Å². The molecule has 1 aromatic heterocycles. The summed E-state index contributed by atoms with van der Waals surface area (Å²) in [4.78, 5) is 25.9. The zero-order chi connectivity index (χ0) is 20.6. The summed E-state index contributed by atoms with van der Waals surface area (Å²) in [5, 5.41) is 14.5. The highest BCUT2D eigenvalue weighted by molar-refractivity contribution is 7.53. The van der Waals surface area contributed by atoms with Gasteiger partial charge in [-0.3, -0.25) is 9.55 Å². The van der Waals surface area contributed by atoms with Crippen LogP contribution in [-0.4, -0.2) is 26.7 Å². The van der Waals surface area contributed by atoms with Gasteiger partial charge >= 0.3 is 13.6 Å². The molecule has 1 unspecified atom stereocenters. The van der Waals surface area contributed by atoms with E-state index in [1.807, 2.05) is 12.1 Å². The molecule has 8 nitrogen and oxygen atoms in total. The Kier molecular flexibility index (Phi) is 8.14. The van der Waals surface area contributed by atoms with Gasteiger partial charge in [0.25, 0.3) is 0 Å². The zero-order valence-electron chi connectivity index (χ0n) is 16.0. The highest BCUT2D eigenvalue weighted by atomic mass is 31.2. The summed E-state index contributed by atoms with van der Waals surface area (Å²) in [7, 11) is -3.62. The molecule has 152 valence electrons. The third-order valence-electron chi connectivity index (χ3n) is 3.97. The monoisotopic (exact) mass is 407 g/mol. The highest BCUT2D eigenvalue weighted by Gasteiger charge is 2.24. The molecule has 0 bridgehead atoms. The minimum absolute atomic E-state index is 0.0266. The molecule has 0 saturated carbocycles. The average molecular weight is 407 g/mol. The second kappa shape index (κ2) is 10.3. The van der Waals surface area contributed by atoms with Crippen molar-refractivity contribution < 1.29 is 23.9 Å². The van der Waals surface area contributed by atoms with Gasteiger partial charge in [-0.2, -0.15) is 0 Å². The molecular weight excluding hydrogens is 381 g/mol. The lowest BCUT2D eigenvalue weighted by atomic mass is 10.1. The van der Waals surface area contributed by atoms with Crippen LogP contribution in [0.5, 0.6) is 0 Å². The van der Waals surface area contributed by atoms with Gasteiger partial charge in [0.05, 0.1) is 36.8 Å². The molecule has 2 rings (SSSR count). The fourth-order valence-electron chi connectivity index (χ4n) is 2.28. The Morgan fingerprint density at radius 2 is 1.75 bits per heavy atom. The number of amides is 2. The third kappa shape index (κ3) is 7.05. The highest BCUT2D eigenvalue weighted by Crippen LogP contribution is 2.47. The summed E-state index contributed by atoms with van der Waals surface area (Å²) in [6.07, 6.45) is 0. The van der Waals surface area contributed by atoms with Crippen LogP contribution in [0.15, 0.2) is 42.5 Å². The van der Waals surface area contributed by atoms with Crippen molar-refractivity contribution in [2.24, 2.45) is 0 Å². The molecule has 0 spiro atoms. The molecule has 0 aliphatic heterocycles. The first-order valence-electron chi connectivity index (χ1n) is 8.92. The lowest BCUT2D eigenvalue weighted by Gasteiger charge is -2.15. The Bertz CT molecular complexity index is 844. The van der Waals surface area contributed by atoms with Gasteiger partial charge in [0.2, 0.25) is 0 Å². The van der Waals surface area contributed by atoms with Crippen LogP contribution in [0.4, 0.5) is 4.79 Å². The molecule has 0 radical (unpaired) electrons. The quantitative estimate of drug-likeness (QED) is 0.474. The number of aromatic nitrogens is 1. The van der Waals surface area contributed by atoms with E-state index in [9.17, 15) is 14.3 Å². The van der Waals surface area contributed by atoms with Crippen LogP contribution >= 0.6 is 7.60 Å². The molecule has 1 atom stereocenters. The number of benzene rings is 1. The first-order chi connectivity index (χ1) is 13.3. The number of aliphatic hydroxyl groups is 1. The van der Waals surface area contributed by atoms with E-state index in [4.69, 9.17) is 9.63 Å². The third-order valence-corrected chi connectivity index (χ3v) is 5.77. The van der Waals surface area contributed by atoms with Gasteiger partial charge < -0.3 is 25.2 Å². The van der Waals surface area contributed by atoms with Crippen molar-refractivity contribution in [2.45, 2.75) is 45.8 Å². The first-order valence-corrected chi connectivity index (χ1v) is 10.6. The van der Waals surface area contributed by atoms with Gasteiger partial charge in [-0.05, 0) is 23.3 Å². The van der Waals surface area contributed by atoms with Crippen molar-refractivity contribution >= 4 is 13.6 Å². The van der Waals surface area contributed by atoms with Crippen molar-refractivity contribution in [3.8, 4) is 0 Å². The zero-order valence-corrected chi connectivity index (χ0v) is 16.9. The first kappa shape index (κ1) is 22.0. The van der Waals surface area contributed by atoms with Crippen LogP contribution in [0.2, 0.25) is 0 Å². The molecule has 28 heavy (non-hydrogen) atoms. The van der Waals surface area contributed by atoms with Gasteiger partial charge in [-0.1, -0.05) is 44.2 Å². The number of urea groups is 1. The van der Waals surface area contributed by atoms with Gasteiger partial charge in [-0.25, -0.2) is 4.79 Å². The number of nitrogens with one attached hydrogen (secondary N) is 2. The van der Waals surface area contributed by atoms with E-state index < -0.39 is 13.3 Å². The normalized spacial score (nSPS) is 13.2. The number of rotatable bonds is 9. The summed E-state index contributed by atoms with van der Waals surface area (Å²) in [5.74, 6) is 0. The summed E-state index contributed by atoms with van der Waals surface area (Å²) in [6.45, 7) is 3.69. The number of nitrogens with zero attached hydrogens (tertiary/aromatic N) is 1. The minimum Gasteiger partial charge on any atom is -0.390 e. The molecule has 2 aromatic rings. The number of pyridine rings is 1. The second-order valence-corrected chi connectivity index (χ2v) is 8.99. The van der Waals surface area contributed by atoms with Crippen LogP contribution in [-0.2, 0) is 35.4 Å². The van der Waals surface area contributed by atoms with Crippen LogP contribution in [0.1, 0.15) is 36.4 Å². The fraction of sp³-hybridized carbons (Fsp3) is 0.368. The standard InChI is InChI=1S/C19H26N3O5P/c1-14(2)28(25,26)27-13-16-6-3-5-15(9-16)10-20-19(24)21-11-17-7-4-8-18(12-23)22-17/h3-9,14,23H,10-13H2,1-2H3,(H,25,26)(H2,20,21,24). The van der Waals surface area contributed by atoms with E-state index in [2.05, 4.69) is 15.6 Å². The van der Waals surface area contributed by atoms with Gasteiger partial charge in [0, 0.05) is 6.54 Å². The molecule has 0 aliphatic carbocycles. The predicted molar refractivity (Wildman–Crippen MR) is 105 cm³/mol. The van der Waals surface area contributed by atoms with Crippen molar-refractivity contribution in [1.29, 1.82) is 0 Å². The smallest absolute Gasteiger partial charge is 0.330 e. The second-order valence-electron chi connectivity index (χ2n) is 6.57. The van der Waals surface area contributed by atoms with Crippen LogP contribution < -0.4 is 10.6 Å². The topological polar surface area (TPSA) is 121 Å². The molecule has 9 heteroatoms. The number of carbonyl (C=O) groups is 1. The molecule has 1 aromatic carbocycles. The van der Waals surface area contributed by atoms with E-state index in [0.29, 0.717) is 17.9 Å². The predicted octanol–water partition coefficient (Wildman–Crippen LogP) is 2.68. The maximum absolute atomic E-state index is 12.0. The Hall–Kier alpha value is -2.25. The van der Waals surface area contributed by atoms with Crippen LogP contribution in [0.3, 0.4) is 0 Å². The lowest BCUT2D eigenvalue weighted by molar-refractivity contribution is 0.240. The Morgan fingerprint density at radius 1 is 1.11 bits per heavy atom. The van der Waals surface area contributed by atoms with E-state index in [-0.39, 0.29) is 25.8 Å². The molecule has 2 amide bonds. The number of hydrogen-bond donors (Lipinski definition) is 4. The SMILES string of the molecule is CC(C)P(=O)(O)OCc1cccc(CNC(=O)NCc2cccc(CO)n2)c1. The summed E-state index contributed by atoms with van der Waals surface area (Å²) in [6, 6.07) is 12.1. The Labute approximate surface area is 164 Å². The van der Waals surface area contributed by atoms with E-state index >= 15 is 0 Å². The maximum atomic E-state index is 12.0. The van der Waals surface area contributed by atoms with Gasteiger partial charge in [0.15, 0.2) is 0 Å². The fourth-order valence-corrected chi connectivity index (χ4v) is 2.91. The number of carbonyl (C=O) groups excluding carboxylic acids is 1. The number of aliphatic hydroxyl groups excluding tert-OH is 1. The largest absolute Gasteiger partial charge is 0.390 e. The Morgan fingerprint density at radius 3 is 2.46 bits per heavy atom. The van der Waals surface area contributed by atoms with Crippen LogP contribution in [0, 0.1) is 0 Å². The molecule has 0 aliphatic rings. The van der Waals surface area contributed by atoms with Crippen molar-refractivity contribution in [2.75, 3.05) is 0 Å². The van der Waals surface area contributed by atoms with Crippen LogP contribution in [0.25, 0.3) is 0 Å². The summed E-state index contributed by atoms with van der Waals surface area (Å²) >= 11 is 0. The molecule has 0 fully saturated rings. The van der Waals surface area contributed by atoms with Gasteiger partial charge in [-0.15, -0.1) is 0 Å². The molecular formula is C19H26N3O5P. The van der Waals surface area contributed by atoms with Gasteiger partial charge in [0.1, 0.15) is 0 Å². The van der Waals surface area contributed by atoms with E-state index in [0.717, 1.165) is 11.1 Å². The van der Waals surface area contributed by atoms with Crippen molar-refractivity contribution in [1.82, 2.24) is 15.6 Å². The Balaban J connectivity index is 1.82. The lowest BCUT2D eigenvalue weighted by Crippen LogP contribution is -2.34. The maximum Gasteiger partial charge on any atom is 0.330 e. The molecule has 1 heterocycles. The molecule has 4 N–H and O–H groups in total. The average Bonchev–Trinajstić information content (AvgIpc) is 2.69. The molecule has 0 saturated heterocycles. The number of hydrogen-bond acceptors (Lipinski definition) is 5. The minimum atomic E-state index is -3.62. The summed E-state index contributed by atoms with van der Waals surface area (Å²) < 4.78 is 17.0. The van der Waals surface area contributed by atoms with Crippen molar-refractivity contribution in [3.05, 3.63) is 65.0 Å².